The van der Waals surface area contributed by atoms with Crippen molar-refractivity contribution in [3.05, 3.63) is 114 Å². The van der Waals surface area contributed by atoms with Gasteiger partial charge in [0.05, 0.1) is 0 Å². The predicted octanol–water partition coefficient (Wildman–Crippen LogP) is 8.59. The van der Waals surface area contributed by atoms with Crippen LogP contribution in [-0.4, -0.2) is 0 Å². The van der Waals surface area contributed by atoms with Gasteiger partial charge in [-0.2, -0.15) is 0 Å². The van der Waals surface area contributed by atoms with Crippen LogP contribution < -0.4 is 4.57 Å². The van der Waals surface area contributed by atoms with E-state index in [0.717, 1.165) is 0 Å². The van der Waals surface area contributed by atoms with Crippen LogP contribution in [0.2, 0.25) is 0 Å². The van der Waals surface area contributed by atoms with Gasteiger partial charge in [-0.05, 0) is 80.6 Å². The number of aromatic nitrogens is 1. The SMILES string of the molecule is Cc1cc2c(cc1-c1cc(C(C)C)cc[n+]1C)-c1ccccc1-c1ccccc1-c1ccccc1-2. The Morgan fingerprint density at radius 2 is 0.943 bits per heavy atom. The second kappa shape index (κ2) is 8.36. The lowest BCUT2D eigenvalue weighted by atomic mass is 9.79. The fraction of sp³-hybridized carbons (Fsp3) is 0.147. The third-order valence-electron chi connectivity index (χ3n) is 7.42. The molecular weight excluding hydrogens is 422 g/mol. The Morgan fingerprint density at radius 3 is 1.40 bits per heavy atom. The summed E-state index contributed by atoms with van der Waals surface area (Å²) in [6.45, 7) is 6.77. The van der Waals surface area contributed by atoms with Gasteiger partial charge in [-0.25, -0.2) is 4.57 Å². The smallest absolute Gasteiger partial charge is 0.201 e. The molecule has 1 nitrogen and oxygen atoms in total. The second-order valence-electron chi connectivity index (χ2n) is 9.96. The van der Waals surface area contributed by atoms with E-state index in [1.807, 2.05) is 0 Å². The van der Waals surface area contributed by atoms with Crippen LogP contribution in [0, 0.1) is 6.92 Å². The maximum atomic E-state index is 2.42. The number of hydrogen-bond donors (Lipinski definition) is 0. The summed E-state index contributed by atoms with van der Waals surface area (Å²) in [5.74, 6) is 0.490. The first-order valence-electron chi connectivity index (χ1n) is 12.5. The summed E-state index contributed by atoms with van der Waals surface area (Å²) < 4.78 is 2.25. The molecular formula is C34H30N+. The van der Waals surface area contributed by atoms with Crippen molar-refractivity contribution in [1.82, 2.24) is 0 Å². The quantitative estimate of drug-likeness (QED) is 0.232. The molecule has 0 radical (unpaired) electrons. The average Bonchev–Trinajstić information content (AvgIpc) is 2.88. The number of hydrogen-bond acceptors (Lipinski definition) is 0. The zero-order chi connectivity index (χ0) is 24.1. The molecule has 1 aromatic heterocycles. The monoisotopic (exact) mass is 452 g/mol. The van der Waals surface area contributed by atoms with Gasteiger partial charge < -0.3 is 0 Å². The molecule has 0 saturated carbocycles. The Labute approximate surface area is 208 Å². The third kappa shape index (κ3) is 3.51. The van der Waals surface area contributed by atoms with E-state index in [2.05, 4.69) is 136 Å². The van der Waals surface area contributed by atoms with Crippen LogP contribution in [0.25, 0.3) is 55.8 Å². The van der Waals surface area contributed by atoms with Gasteiger partial charge >= 0.3 is 0 Å². The molecule has 0 bridgehead atoms. The Balaban J connectivity index is 1.72. The molecule has 0 spiro atoms. The number of aryl methyl sites for hydroxylation is 2. The van der Waals surface area contributed by atoms with Crippen molar-refractivity contribution < 1.29 is 4.57 Å². The molecule has 0 N–H and O–H groups in total. The van der Waals surface area contributed by atoms with Crippen LogP contribution in [0.4, 0.5) is 0 Å². The van der Waals surface area contributed by atoms with Crippen LogP contribution in [-0.2, 0) is 7.05 Å². The maximum absolute atomic E-state index is 2.42. The normalized spacial score (nSPS) is 11.7. The summed E-state index contributed by atoms with van der Waals surface area (Å²) in [5, 5.41) is 0. The minimum atomic E-state index is 0.490. The number of pyridine rings is 1. The zero-order valence-corrected chi connectivity index (χ0v) is 20.8. The Kier molecular flexibility index (Phi) is 5.15. The molecule has 4 aromatic carbocycles. The fourth-order valence-electron chi connectivity index (χ4n) is 5.50. The van der Waals surface area contributed by atoms with Gasteiger partial charge in [0, 0.05) is 17.7 Å². The van der Waals surface area contributed by atoms with Crippen molar-refractivity contribution in [3.63, 3.8) is 0 Å². The largest absolute Gasteiger partial charge is 0.212 e. The molecule has 1 aliphatic rings. The van der Waals surface area contributed by atoms with Crippen molar-refractivity contribution >= 4 is 0 Å². The number of nitrogens with zero attached hydrogens (tertiary/aromatic N) is 1. The van der Waals surface area contributed by atoms with Gasteiger partial charge in [-0.3, -0.25) is 0 Å². The van der Waals surface area contributed by atoms with Gasteiger partial charge in [0.25, 0.3) is 0 Å². The Hall–Kier alpha value is -3.97. The minimum Gasteiger partial charge on any atom is -0.201 e. The van der Waals surface area contributed by atoms with Crippen LogP contribution in [0.3, 0.4) is 0 Å². The molecule has 35 heavy (non-hydrogen) atoms. The van der Waals surface area contributed by atoms with Gasteiger partial charge in [-0.15, -0.1) is 0 Å². The van der Waals surface area contributed by atoms with E-state index in [-0.39, 0.29) is 0 Å². The highest BCUT2D eigenvalue weighted by Gasteiger charge is 2.24. The molecule has 0 saturated heterocycles. The summed E-state index contributed by atoms with van der Waals surface area (Å²) in [7, 11) is 2.15. The summed E-state index contributed by atoms with van der Waals surface area (Å²) in [5.41, 5.74) is 15.5. The lowest BCUT2D eigenvalue weighted by molar-refractivity contribution is -0.660. The van der Waals surface area contributed by atoms with Crippen molar-refractivity contribution in [1.29, 1.82) is 0 Å². The highest BCUT2D eigenvalue weighted by atomic mass is 14.9. The zero-order valence-electron chi connectivity index (χ0n) is 20.8. The third-order valence-corrected chi connectivity index (χ3v) is 7.42. The van der Waals surface area contributed by atoms with Crippen molar-refractivity contribution in [2.75, 3.05) is 0 Å². The van der Waals surface area contributed by atoms with Crippen LogP contribution in [0.15, 0.2) is 103 Å². The standard InChI is InChI=1S/C34H30N/c1-22(2)24-17-18-35(4)34(20-24)31-21-33-30-16-10-8-14-28(30)26-12-6-5-11-25(26)27-13-7-9-15-29(27)32(33)19-23(31)3/h5-22H,1-4H3/q+1. The topological polar surface area (TPSA) is 3.88 Å². The van der Waals surface area contributed by atoms with E-state index in [1.54, 1.807) is 0 Å². The highest BCUT2D eigenvalue weighted by Crippen LogP contribution is 2.48. The lowest BCUT2D eigenvalue weighted by Gasteiger charge is -2.24. The first-order valence-corrected chi connectivity index (χ1v) is 12.5. The first kappa shape index (κ1) is 21.6. The minimum absolute atomic E-state index is 0.490. The summed E-state index contributed by atoms with van der Waals surface area (Å²) >= 11 is 0. The maximum Gasteiger partial charge on any atom is 0.212 e. The van der Waals surface area contributed by atoms with E-state index in [1.165, 1.54) is 66.9 Å². The van der Waals surface area contributed by atoms with E-state index < -0.39 is 0 Å². The van der Waals surface area contributed by atoms with Gasteiger partial charge in [-0.1, -0.05) is 86.6 Å². The molecule has 0 aliphatic heterocycles. The Morgan fingerprint density at radius 1 is 0.514 bits per heavy atom. The number of fused-ring (bicyclic) bond motifs is 8. The molecule has 6 rings (SSSR count). The number of benzene rings is 4. The number of rotatable bonds is 2. The molecule has 0 atom stereocenters. The summed E-state index contributed by atoms with van der Waals surface area (Å²) in [4.78, 5) is 0. The van der Waals surface area contributed by atoms with E-state index in [4.69, 9.17) is 0 Å². The fourth-order valence-corrected chi connectivity index (χ4v) is 5.50. The van der Waals surface area contributed by atoms with Crippen LogP contribution in [0.1, 0.15) is 30.9 Å². The summed E-state index contributed by atoms with van der Waals surface area (Å²) in [6, 6.07) is 36.0. The second-order valence-corrected chi connectivity index (χ2v) is 9.96. The molecule has 1 heteroatoms. The molecule has 0 fully saturated rings. The molecule has 0 unspecified atom stereocenters. The van der Waals surface area contributed by atoms with Gasteiger partial charge in [0.2, 0.25) is 5.69 Å². The molecule has 170 valence electrons. The molecule has 1 heterocycles. The predicted molar refractivity (Wildman–Crippen MR) is 147 cm³/mol. The average molecular weight is 453 g/mol. The highest BCUT2D eigenvalue weighted by molar-refractivity contribution is 6.03. The van der Waals surface area contributed by atoms with Crippen molar-refractivity contribution in [2.45, 2.75) is 26.7 Å². The van der Waals surface area contributed by atoms with Crippen LogP contribution in [0.5, 0.6) is 0 Å². The van der Waals surface area contributed by atoms with Gasteiger partial charge in [0.15, 0.2) is 6.20 Å². The van der Waals surface area contributed by atoms with E-state index in [0.29, 0.717) is 5.92 Å². The first-order chi connectivity index (χ1) is 17.0. The molecule has 0 amide bonds. The molecule has 1 aliphatic carbocycles. The van der Waals surface area contributed by atoms with Gasteiger partial charge in [0.1, 0.15) is 7.05 Å². The van der Waals surface area contributed by atoms with Crippen molar-refractivity contribution in [3.8, 4) is 55.8 Å². The lowest BCUT2D eigenvalue weighted by Crippen LogP contribution is -2.31. The van der Waals surface area contributed by atoms with E-state index in [9.17, 15) is 0 Å². The van der Waals surface area contributed by atoms with Crippen molar-refractivity contribution in [2.24, 2.45) is 7.05 Å². The van der Waals surface area contributed by atoms with Crippen LogP contribution >= 0.6 is 0 Å². The Bertz CT molecular complexity index is 1590. The van der Waals surface area contributed by atoms with E-state index >= 15 is 0 Å². The molecule has 5 aromatic rings. The summed E-state index contributed by atoms with van der Waals surface area (Å²) in [6.07, 6.45) is 2.19.